The molecule has 1 aliphatic rings. The lowest BCUT2D eigenvalue weighted by Crippen LogP contribution is -2.36. The van der Waals surface area contributed by atoms with E-state index in [1.165, 1.54) is 5.56 Å². The zero-order valence-electron chi connectivity index (χ0n) is 18.4. The molecule has 1 unspecified atom stereocenters. The molecule has 1 atom stereocenters. The molecular formula is C24H28N6O2. The molecule has 1 aromatic carbocycles. The van der Waals surface area contributed by atoms with E-state index in [1.54, 1.807) is 12.4 Å². The summed E-state index contributed by atoms with van der Waals surface area (Å²) in [4.78, 5) is 15.7. The Labute approximate surface area is 188 Å². The Morgan fingerprint density at radius 1 is 1.16 bits per heavy atom. The highest BCUT2D eigenvalue weighted by Crippen LogP contribution is 2.22. The summed E-state index contributed by atoms with van der Waals surface area (Å²) in [7, 11) is 0. The minimum Gasteiger partial charge on any atom is -0.463 e. The van der Waals surface area contributed by atoms with Gasteiger partial charge < -0.3 is 14.4 Å². The molecule has 8 heteroatoms. The Balaban J connectivity index is 1.49. The van der Waals surface area contributed by atoms with Gasteiger partial charge in [0, 0.05) is 37.0 Å². The van der Waals surface area contributed by atoms with Crippen LogP contribution in [0.2, 0.25) is 0 Å². The number of rotatable bonds is 8. The molecule has 166 valence electrons. The summed E-state index contributed by atoms with van der Waals surface area (Å²) in [6.07, 6.45) is 3.56. The number of hydrazone groups is 1. The first-order valence-electron chi connectivity index (χ1n) is 10.8. The summed E-state index contributed by atoms with van der Waals surface area (Å²) in [5.41, 5.74) is 6.19. The number of hydrogen-bond donors (Lipinski definition) is 1. The van der Waals surface area contributed by atoms with E-state index >= 15 is 0 Å². The van der Waals surface area contributed by atoms with Gasteiger partial charge in [-0.2, -0.15) is 15.1 Å². The summed E-state index contributed by atoms with van der Waals surface area (Å²) < 4.78 is 11.4. The van der Waals surface area contributed by atoms with Crippen molar-refractivity contribution in [2.45, 2.75) is 19.8 Å². The number of ether oxygens (including phenoxy) is 2. The lowest BCUT2D eigenvalue weighted by molar-refractivity contribution is 0.122. The van der Waals surface area contributed by atoms with Gasteiger partial charge in [0.2, 0.25) is 0 Å². The van der Waals surface area contributed by atoms with Crippen LogP contribution < -0.4 is 15.1 Å². The van der Waals surface area contributed by atoms with Crippen LogP contribution in [0.4, 0.5) is 11.6 Å². The first kappa shape index (κ1) is 21.7. The van der Waals surface area contributed by atoms with Gasteiger partial charge in [0.25, 0.3) is 0 Å². The zero-order valence-corrected chi connectivity index (χ0v) is 18.4. The molecule has 1 N–H and O–H groups in total. The molecule has 0 spiro atoms. The van der Waals surface area contributed by atoms with Crippen LogP contribution in [0, 0.1) is 6.92 Å². The first-order chi connectivity index (χ1) is 15.7. The van der Waals surface area contributed by atoms with Crippen LogP contribution in [0.1, 0.15) is 29.7 Å². The maximum atomic E-state index is 5.96. The van der Waals surface area contributed by atoms with Gasteiger partial charge in [-0.3, -0.25) is 10.4 Å². The molecule has 1 aliphatic heterocycles. The molecule has 2 aromatic heterocycles. The van der Waals surface area contributed by atoms with Gasteiger partial charge in [-0.1, -0.05) is 42.8 Å². The molecule has 3 heterocycles. The quantitative estimate of drug-likeness (QED) is 0.430. The van der Waals surface area contributed by atoms with E-state index in [4.69, 9.17) is 9.47 Å². The highest BCUT2D eigenvalue weighted by molar-refractivity contribution is 5.80. The van der Waals surface area contributed by atoms with Crippen LogP contribution in [0.25, 0.3) is 0 Å². The molecule has 0 radical (unpaired) electrons. The first-order valence-corrected chi connectivity index (χ1v) is 10.8. The van der Waals surface area contributed by atoms with Crippen LogP contribution in [0.3, 0.4) is 0 Å². The Morgan fingerprint density at radius 2 is 2.03 bits per heavy atom. The second-order valence-corrected chi connectivity index (χ2v) is 7.74. The number of morpholine rings is 1. The molecule has 0 amide bonds. The van der Waals surface area contributed by atoms with Crippen molar-refractivity contribution in [2.75, 3.05) is 43.2 Å². The van der Waals surface area contributed by atoms with Crippen LogP contribution in [0.5, 0.6) is 6.01 Å². The maximum absolute atomic E-state index is 5.96. The van der Waals surface area contributed by atoms with Crippen LogP contribution >= 0.6 is 0 Å². The predicted molar refractivity (Wildman–Crippen MR) is 126 cm³/mol. The van der Waals surface area contributed by atoms with Crippen LogP contribution in [-0.4, -0.2) is 54.1 Å². The monoisotopic (exact) mass is 432 g/mol. The van der Waals surface area contributed by atoms with Crippen molar-refractivity contribution in [3.63, 3.8) is 0 Å². The van der Waals surface area contributed by atoms with Crippen LogP contribution in [0.15, 0.2) is 59.8 Å². The number of pyridine rings is 1. The summed E-state index contributed by atoms with van der Waals surface area (Å²) in [5, 5.41) is 4.35. The van der Waals surface area contributed by atoms with Gasteiger partial charge in [0.05, 0.1) is 26.0 Å². The number of nitrogens with zero attached hydrogens (tertiary/aromatic N) is 5. The molecule has 1 saturated heterocycles. The summed E-state index contributed by atoms with van der Waals surface area (Å²) in [6.45, 7) is 7.43. The van der Waals surface area contributed by atoms with Crippen molar-refractivity contribution in [1.29, 1.82) is 0 Å². The number of benzene rings is 1. The second-order valence-electron chi connectivity index (χ2n) is 7.74. The van der Waals surface area contributed by atoms with Crippen molar-refractivity contribution in [3.8, 4) is 6.01 Å². The summed E-state index contributed by atoms with van der Waals surface area (Å²) in [6, 6.07) is 16.2. The third kappa shape index (κ3) is 6.01. The lowest BCUT2D eigenvalue weighted by atomic mass is 10.1. The van der Waals surface area contributed by atoms with Gasteiger partial charge in [0.15, 0.2) is 5.82 Å². The molecule has 32 heavy (non-hydrogen) atoms. The normalized spacial score (nSPS) is 15.0. The van der Waals surface area contributed by atoms with Crippen LogP contribution in [-0.2, 0) is 4.74 Å². The fraction of sp³-hybridized carbons (Fsp3) is 0.333. The molecular weight excluding hydrogens is 404 g/mol. The highest BCUT2D eigenvalue weighted by Gasteiger charge is 2.16. The smallest absolute Gasteiger partial charge is 0.320 e. The predicted octanol–water partition coefficient (Wildman–Crippen LogP) is 3.65. The van der Waals surface area contributed by atoms with E-state index in [0.717, 1.165) is 30.2 Å². The number of anilines is 2. The minimum absolute atomic E-state index is 0.114. The molecule has 4 rings (SSSR count). The SMILES string of the molecule is Cc1cccc(/C=N/Nc2cc(N3CCOCC3)nc(OCC(C)c3ccccn3)n2)c1. The Hall–Kier alpha value is -3.52. The Kier molecular flexibility index (Phi) is 7.24. The Bertz CT molecular complexity index is 1040. The van der Waals surface area contributed by atoms with Crippen molar-refractivity contribution < 1.29 is 9.47 Å². The van der Waals surface area contributed by atoms with Gasteiger partial charge >= 0.3 is 6.01 Å². The number of hydrogen-bond acceptors (Lipinski definition) is 8. The van der Waals surface area contributed by atoms with Gasteiger partial charge in [-0.15, -0.1) is 0 Å². The largest absolute Gasteiger partial charge is 0.463 e. The zero-order chi connectivity index (χ0) is 22.2. The van der Waals surface area contributed by atoms with Crippen molar-refractivity contribution >= 4 is 17.9 Å². The second kappa shape index (κ2) is 10.7. The minimum atomic E-state index is 0.114. The number of aryl methyl sites for hydroxylation is 1. The van der Waals surface area contributed by atoms with Gasteiger partial charge in [0.1, 0.15) is 5.82 Å². The van der Waals surface area contributed by atoms with E-state index in [-0.39, 0.29) is 5.92 Å². The fourth-order valence-electron chi connectivity index (χ4n) is 3.36. The Morgan fingerprint density at radius 3 is 2.81 bits per heavy atom. The molecule has 3 aromatic rings. The standard InChI is InChI=1S/C24H28N6O2/c1-18-6-5-7-20(14-18)16-26-29-22-15-23(30-10-12-31-13-11-30)28-24(27-22)32-17-19(2)21-8-3-4-9-25-21/h3-9,14-16,19H,10-13,17H2,1-2H3,(H,27,28,29)/b26-16+. The average Bonchev–Trinajstić information content (AvgIpc) is 2.83. The molecule has 1 fully saturated rings. The van der Waals surface area contributed by atoms with Crippen molar-refractivity contribution in [3.05, 3.63) is 71.5 Å². The topological polar surface area (TPSA) is 84.8 Å². The van der Waals surface area contributed by atoms with Gasteiger partial charge in [-0.05, 0) is 24.6 Å². The summed E-state index contributed by atoms with van der Waals surface area (Å²) in [5.74, 6) is 1.48. The molecule has 0 saturated carbocycles. The van der Waals surface area contributed by atoms with E-state index in [2.05, 4.69) is 56.4 Å². The fourth-order valence-corrected chi connectivity index (χ4v) is 3.36. The average molecular weight is 433 g/mol. The third-order valence-electron chi connectivity index (χ3n) is 5.12. The molecule has 0 aliphatic carbocycles. The summed E-state index contributed by atoms with van der Waals surface area (Å²) >= 11 is 0. The highest BCUT2D eigenvalue weighted by atomic mass is 16.5. The number of aromatic nitrogens is 3. The van der Waals surface area contributed by atoms with Gasteiger partial charge in [-0.25, -0.2) is 0 Å². The molecule has 0 bridgehead atoms. The van der Waals surface area contributed by atoms with E-state index in [1.807, 2.05) is 36.4 Å². The van der Waals surface area contributed by atoms with E-state index in [0.29, 0.717) is 31.6 Å². The maximum Gasteiger partial charge on any atom is 0.320 e. The number of nitrogens with one attached hydrogen (secondary N) is 1. The molecule has 8 nitrogen and oxygen atoms in total. The van der Waals surface area contributed by atoms with E-state index < -0.39 is 0 Å². The van der Waals surface area contributed by atoms with E-state index in [9.17, 15) is 0 Å². The van der Waals surface area contributed by atoms with Crippen molar-refractivity contribution in [2.24, 2.45) is 5.10 Å². The lowest BCUT2D eigenvalue weighted by Gasteiger charge is -2.28. The van der Waals surface area contributed by atoms with Crippen molar-refractivity contribution in [1.82, 2.24) is 15.0 Å². The third-order valence-corrected chi connectivity index (χ3v) is 5.12.